The Labute approximate surface area is 158 Å². The lowest BCUT2D eigenvalue weighted by Crippen LogP contribution is -2.57. The molecule has 2 saturated heterocycles. The molecule has 2 aromatic rings. The van der Waals surface area contributed by atoms with Crippen LogP contribution in [-0.4, -0.2) is 70.2 Å². The van der Waals surface area contributed by atoms with Crippen LogP contribution in [0, 0.1) is 6.92 Å². The van der Waals surface area contributed by atoms with Crippen LogP contribution < -0.4 is 5.32 Å². The van der Waals surface area contributed by atoms with Crippen LogP contribution in [0.4, 0.5) is 0 Å². The lowest BCUT2D eigenvalue weighted by molar-refractivity contribution is -0.135. The van der Waals surface area contributed by atoms with Gasteiger partial charge in [0.15, 0.2) is 0 Å². The van der Waals surface area contributed by atoms with E-state index < -0.39 is 0 Å². The monoisotopic (exact) mass is 367 g/mol. The number of amides is 2. The first-order valence-electron chi connectivity index (χ1n) is 9.54. The molecule has 27 heavy (non-hydrogen) atoms. The lowest BCUT2D eigenvalue weighted by atomic mass is 10.0. The predicted molar refractivity (Wildman–Crippen MR) is 102 cm³/mol. The maximum Gasteiger partial charge on any atom is 0.257 e. The molecule has 0 radical (unpaired) electrons. The average molecular weight is 367 g/mol. The van der Waals surface area contributed by atoms with Crippen LogP contribution in [0.25, 0.3) is 5.69 Å². The zero-order valence-corrected chi connectivity index (χ0v) is 15.6. The lowest BCUT2D eigenvalue weighted by Gasteiger charge is -2.41. The molecule has 7 nitrogen and oxygen atoms in total. The number of hydrogen-bond donors (Lipinski definition) is 1. The van der Waals surface area contributed by atoms with Gasteiger partial charge in [-0.2, -0.15) is 5.10 Å². The summed E-state index contributed by atoms with van der Waals surface area (Å²) in [5.74, 6) is 0.135. The first-order chi connectivity index (χ1) is 13.1. The second kappa shape index (κ2) is 7.52. The van der Waals surface area contributed by atoms with E-state index in [9.17, 15) is 9.59 Å². The fourth-order valence-corrected chi connectivity index (χ4v) is 3.95. The Morgan fingerprint density at radius 1 is 1.22 bits per heavy atom. The maximum atomic E-state index is 13.1. The van der Waals surface area contributed by atoms with E-state index >= 15 is 0 Å². The Morgan fingerprint density at radius 3 is 2.81 bits per heavy atom. The summed E-state index contributed by atoms with van der Waals surface area (Å²) in [4.78, 5) is 29.2. The number of carbonyl (C=O) groups excluding carboxylic acids is 2. The topological polar surface area (TPSA) is 70.5 Å². The highest BCUT2D eigenvalue weighted by Gasteiger charge is 2.32. The van der Waals surface area contributed by atoms with Crippen molar-refractivity contribution >= 4 is 11.8 Å². The van der Waals surface area contributed by atoms with Crippen LogP contribution in [0.3, 0.4) is 0 Å². The van der Waals surface area contributed by atoms with Gasteiger partial charge >= 0.3 is 0 Å². The number of piperidine rings is 1. The number of likely N-dealkylation sites (tertiary alicyclic amines) is 1. The summed E-state index contributed by atoms with van der Waals surface area (Å²) in [5, 5.41) is 7.62. The Kier molecular flexibility index (Phi) is 4.94. The van der Waals surface area contributed by atoms with Gasteiger partial charge in [0.05, 0.1) is 23.5 Å². The number of hydrogen-bond acceptors (Lipinski definition) is 4. The summed E-state index contributed by atoms with van der Waals surface area (Å²) in [6.07, 6.45) is 3.68. The number of nitrogens with zero attached hydrogens (tertiary/aromatic N) is 4. The number of aromatic nitrogens is 2. The van der Waals surface area contributed by atoms with Crippen LogP contribution >= 0.6 is 0 Å². The minimum atomic E-state index is 0.00182. The van der Waals surface area contributed by atoms with Gasteiger partial charge in [0.1, 0.15) is 0 Å². The Morgan fingerprint density at radius 2 is 2.04 bits per heavy atom. The number of nitrogens with one attached hydrogen (secondary N) is 1. The third-order valence-corrected chi connectivity index (χ3v) is 5.40. The van der Waals surface area contributed by atoms with Gasteiger partial charge in [-0.1, -0.05) is 18.2 Å². The number of carbonyl (C=O) groups is 2. The SMILES string of the molecule is Cc1nn(-c2ccccc2)cc1C(=O)N1CCCC(N2CCNCC2=O)C1. The summed E-state index contributed by atoms with van der Waals surface area (Å²) in [6, 6.07) is 9.90. The van der Waals surface area contributed by atoms with Gasteiger partial charge in [-0.05, 0) is 31.9 Å². The van der Waals surface area contributed by atoms with Crippen molar-refractivity contribution in [1.82, 2.24) is 24.9 Å². The fraction of sp³-hybridized carbons (Fsp3) is 0.450. The summed E-state index contributed by atoms with van der Waals surface area (Å²) < 4.78 is 1.75. The van der Waals surface area contributed by atoms with Crippen molar-refractivity contribution in [3.8, 4) is 5.69 Å². The van der Waals surface area contributed by atoms with Crippen molar-refractivity contribution in [1.29, 1.82) is 0 Å². The van der Waals surface area contributed by atoms with Crippen molar-refractivity contribution in [3.05, 3.63) is 47.8 Å². The second-order valence-corrected chi connectivity index (χ2v) is 7.22. The number of aryl methyl sites for hydroxylation is 1. The molecule has 1 N–H and O–H groups in total. The quantitative estimate of drug-likeness (QED) is 0.886. The maximum absolute atomic E-state index is 13.1. The van der Waals surface area contributed by atoms with Crippen molar-refractivity contribution in [3.63, 3.8) is 0 Å². The van der Waals surface area contributed by atoms with E-state index in [1.807, 2.05) is 53.3 Å². The molecule has 2 aliphatic heterocycles. The van der Waals surface area contributed by atoms with Crippen LogP contribution in [0.15, 0.2) is 36.5 Å². The molecule has 1 aromatic heterocycles. The summed E-state index contributed by atoms with van der Waals surface area (Å²) in [5.41, 5.74) is 2.29. The van der Waals surface area contributed by atoms with Gasteiger partial charge in [0, 0.05) is 38.4 Å². The van der Waals surface area contributed by atoms with Crippen molar-refractivity contribution < 1.29 is 9.59 Å². The highest BCUT2D eigenvalue weighted by Crippen LogP contribution is 2.21. The van der Waals surface area contributed by atoms with E-state index in [-0.39, 0.29) is 17.9 Å². The van der Waals surface area contributed by atoms with Gasteiger partial charge < -0.3 is 15.1 Å². The van der Waals surface area contributed by atoms with Crippen LogP contribution in [0.1, 0.15) is 28.9 Å². The van der Waals surface area contributed by atoms with E-state index in [1.165, 1.54) is 0 Å². The second-order valence-electron chi connectivity index (χ2n) is 7.22. The zero-order chi connectivity index (χ0) is 18.8. The fourth-order valence-electron chi connectivity index (χ4n) is 3.95. The molecule has 1 unspecified atom stereocenters. The summed E-state index contributed by atoms with van der Waals surface area (Å²) >= 11 is 0. The largest absolute Gasteiger partial charge is 0.336 e. The minimum absolute atomic E-state index is 0.00182. The van der Waals surface area contributed by atoms with Gasteiger partial charge in [-0.25, -0.2) is 4.68 Å². The molecule has 7 heteroatoms. The van der Waals surface area contributed by atoms with E-state index in [0.29, 0.717) is 18.7 Å². The zero-order valence-electron chi connectivity index (χ0n) is 15.6. The molecular weight excluding hydrogens is 342 g/mol. The van der Waals surface area contributed by atoms with E-state index in [1.54, 1.807) is 4.68 Å². The molecule has 1 atom stereocenters. The number of piperazine rings is 1. The molecule has 0 aliphatic carbocycles. The Hall–Kier alpha value is -2.67. The summed E-state index contributed by atoms with van der Waals surface area (Å²) in [7, 11) is 0. The smallest absolute Gasteiger partial charge is 0.257 e. The molecule has 2 aliphatic rings. The summed E-state index contributed by atoms with van der Waals surface area (Å²) in [6.45, 7) is 5.13. The Bertz CT molecular complexity index is 832. The van der Waals surface area contributed by atoms with E-state index in [2.05, 4.69) is 10.4 Å². The molecule has 0 bridgehead atoms. The van der Waals surface area contributed by atoms with Crippen LogP contribution in [0.5, 0.6) is 0 Å². The highest BCUT2D eigenvalue weighted by atomic mass is 16.2. The van der Waals surface area contributed by atoms with Gasteiger partial charge in [0.25, 0.3) is 5.91 Å². The first-order valence-corrected chi connectivity index (χ1v) is 9.54. The van der Waals surface area contributed by atoms with Crippen molar-refractivity contribution in [2.24, 2.45) is 0 Å². The molecule has 1 aromatic carbocycles. The third kappa shape index (κ3) is 3.60. The normalized spacial score (nSPS) is 20.8. The predicted octanol–water partition coefficient (Wildman–Crippen LogP) is 1.22. The Balaban J connectivity index is 1.51. The minimum Gasteiger partial charge on any atom is -0.336 e. The molecule has 0 spiro atoms. The van der Waals surface area contributed by atoms with Crippen molar-refractivity contribution in [2.45, 2.75) is 25.8 Å². The van der Waals surface area contributed by atoms with Gasteiger partial charge in [0.2, 0.25) is 5.91 Å². The molecular formula is C20H25N5O2. The van der Waals surface area contributed by atoms with Crippen LogP contribution in [-0.2, 0) is 4.79 Å². The van der Waals surface area contributed by atoms with Gasteiger partial charge in [-0.3, -0.25) is 9.59 Å². The molecule has 142 valence electrons. The molecule has 2 fully saturated rings. The number of benzene rings is 1. The van der Waals surface area contributed by atoms with E-state index in [4.69, 9.17) is 0 Å². The standard InChI is InChI=1S/C20H25N5O2/c1-15-18(14-25(22-15)16-6-3-2-4-7-16)20(27)23-10-5-8-17(13-23)24-11-9-21-12-19(24)26/h2-4,6-7,14,17,21H,5,8-13H2,1H3. The van der Waals surface area contributed by atoms with Gasteiger partial charge in [-0.15, -0.1) is 0 Å². The average Bonchev–Trinajstić information content (AvgIpc) is 3.10. The number of para-hydroxylation sites is 1. The number of rotatable bonds is 3. The highest BCUT2D eigenvalue weighted by molar-refractivity contribution is 5.95. The first kappa shape index (κ1) is 17.7. The van der Waals surface area contributed by atoms with E-state index in [0.717, 1.165) is 43.9 Å². The molecule has 0 saturated carbocycles. The van der Waals surface area contributed by atoms with Crippen molar-refractivity contribution in [2.75, 3.05) is 32.7 Å². The third-order valence-electron chi connectivity index (χ3n) is 5.40. The molecule has 2 amide bonds. The molecule has 3 heterocycles. The molecule has 4 rings (SSSR count). The van der Waals surface area contributed by atoms with Crippen LogP contribution in [0.2, 0.25) is 0 Å².